The molecule has 1 aromatic rings. The van der Waals surface area contributed by atoms with Gasteiger partial charge in [-0.05, 0) is 25.5 Å². The van der Waals surface area contributed by atoms with Gasteiger partial charge in [-0.2, -0.15) is 8.78 Å². The highest BCUT2D eigenvalue weighted by Crippen LogP contribution is 2.27. The van der Waals surface area contributed by atoms with E-state index in [0.29, 0.717) is 0 Å². The number of hydrogen-bond acceptors (Lipinski definition) is 3. The smallest absolute Gasteiger partial charge is 0.341 e. The van der Waals surface area contributed by atoms with E-state index in [9.17, 15) is 17.2 Å². The van der Waals surface area contributed by atoms with Crippen molar-refractivity contribution in [2.75, 3.05) is 5.32 Å². The molecule has 1 rings (SSSR count). The lowest BCUT2D eigenvalue weighted by atomic mass is 10.2. The summed E-state index contributed by atoms with van der Waals surface area (Å²) < 4.78 is 48.3. The minimum absolute atomic E-state index is 0.0385. The monoisotopic (exact) mass is 355 g/mol. The van der Waals surface area contributed by atoms with Crippen molar-refractivity contribution < 1.29 is 17.2 Å². The molecular weight excluding hydrogens is 340 g/mol. The summed E-state index contributed by atoms with van der Waals surface area (Å²) in [5.74, 6) is -3.42. The summed E-state index contributed by atoms with van der Waals surface area (Å²) in [5.41, 5.74) is 0.212. The average Bonchev–Trinajstić information content (AvgIpc) is 2.27. The second-order valence-electron chi connectivity index (χ2n) is 4.36. The highest BCUT2D eigenvalue weighted by molar-refractivity contribution is 9.09. The van der Waals surface area contributed by atoms with E-state index < -0.39 is 15.6 Å². The molecule has 0 amide bonds. The molecule has 0 fully saturated rings. The number of hydrogen-bond donors (Lipinski definition) is 1. The van der Waals surface area contributed by atoms with Gasteiger partial charge in [0.05, 0.1) is 10.6 Å². The molecule has 0 aliphatic heterocycles. The van der Waals surface area contributed by atoms with Crippen molar-refractivity contribution >= 4 is 31.5 Å². The van der Waals surface area contributed by atoms with Gasteiger partial charge in [0, 0.05) is 10.9 Å². The third kappa shape index (κ3) is 4.42. The Morgan fingerprint density at radius 1 is 1.26 bits per heavy atom. The first kappa shape index (κ1) is 16.4. The molecule has 19 heavy (non-hydrogen) atoms. The van der Waals surface area contributed by atoms with Gasteiger partial charge in [-0.1, -0.05) is 35.0 Å². The Labute approximate surface area is 120 Å². The first-order valence-electron chi connectivity index (χ1n) is 5.77. The molecule has 2 atom stereocenters. The molecule has 0 radical (unpaired) electrons. The van der Waals surface area contributed by atoms with Crippen LogP contribution < -0.4 is 5.32 Å². The molecule has 0 aromatic heterocycles. The molecule has 1 N–H and O–H groups in total. The molecule has 0 heterocycles. The maximum absolute atomic E-state index is 12.6. The second kappa shape index (κ2) is 6.65. The van der Waals surface area contributed by atoms with Crippen molar-refractivity contribution in [2.45, 2.75) is 41.8 Å². The van der Waals surface area contributed by atoms with Gasteiger partial charge < -0.3 is 5.32 Å². The summed E-state index contributed by atoms with van der Waals surface area (Å²) in [6.07, 6.45) is 0.739. The molecular formula is C12H16BrF2NO2S. The topological polar surface area (TPSA) is 46.2 Å². The van der Waals surface area contributed by atoms with E-state index >= 15 is 0 Å². The van der Waals surface area contributed by atoms with Gasteiger partial charge in [0.15, 0.2) is 0 Å². The van der Waals surface area contributed by atoms with E-state index in [0.717, 1.165) is 6.42 Å². The molecule has 3 nitrogen and oxygen atoms in total. The Morgan fingerprint density at radius 2 is 1.84 bits per heavy atom. The molecule has 0 saturated heterocycles. The lowest BCUT2D eigenvalue weighted by Crippen LogP contribution is -2.21. The van der Waals surface area contributed by atoms with Gasteiger partial charge in [-0.25, -0.2) is 8.42 Å². The first-order valence-corrected chi connectivity index (χ1v) is 8.23. The number of sulfone groups is 1. The van der Waals surface area contributed by atoms with Gasteiger partial charge in [0.2, 0.25) is 9.84 Å². The van der Waals surface area contributed by atoms with Crippen LogP contribution in [0.15, 0.2) is 29.2 Å². The zero-order valence-electron chi connectivity index (χ0n) is 10.6. The summed E-state index contributed by atoms with van der Waals surface area (Å²) in [5, 5.41) is 2.96. The number of alkyl halides is 3. The molecule has 0 spiro atoms. The highest BCUT2D eigenvalue weighted by atomic mass is 79.9. The van der Waals surface area contributed by atoms with Crippen molar-refractivity contribution in [1.29, 1.82) is 0 Å². The number of halogens is 3. The Morgan fingerprint density at radius 3 is 2.37 bits per heavy atom. The van der Waals surface area contributed by atoms with Crippen LogP contribution in [0.1, 0.15) is 20.3 Å². The van der Waals surface area contributed by atoms with Crippen molar-refractivity contribution in [3.63, 3.8) is 0 Å². The van der Waals surface area contributed by atoms with Crippen molar-refractivity contribution in [3.05, 3.63) is 24.3 Å². The van der Waals surface area contributed by atoms with Crippen LogP contribution in [-0.2, 0) is 9.84 Å². The Hall–Kier alpha value is -0.690. The quantitative estimate of drug-likeness (QED) is 0.792. The van der Waals surface area contributed by atoms with Crippen molar-refractivity contribution in [1.82, 2.24) is 0 Å². The molecule has 0 aliphatic rings. The predicted molar refractivity (Wildman–Crippen MR) is 75.7 cm³/mol. The zero-order valence-corrected chi connectivity index (χ0v) is 13.0. The fourth-order valence-corrected chi connectivity index (χ4v) is 3.20. The first-order chi connectivity index (χ1) is 8.75. The predicted octanol–water partition coefficient (Wildman–Crippen LogP) is 3.66. The number of nitrogens with one attached hydrogen (secondary N) is 1. The van der Waals surface area contributed by atoms with Crippen LogP contribution in [0.25, 0.3) is 0 Å². The average molecular weight is 356 g/mol. The van der Waals surface area contributed by atoms with E-state index in [4.69, 9.17) is 0 Å². The number of anilines is 1. The Balaban J connectivity index is 3.04. The minimum atomic E-state index is -4.59. The van der Waals surface area contributed by atoms with E-state index in [1.165, 1.54) is 18.2 Å². The normalized spacial score (nSPS) is 15.3. The van der Waals surface area contributed by atoms with E-state index in [1.54, 1.807) is 6.07 Å². The second-order valence-corrected chi connectivity index (χ2v) is 7.81. The van der Waals surface area contributed by atoms with Gasteiger partial charge in [-0.15, -0.1) is 0 Å². The van der Waals surface area contributed by atoms with Crippen molar-refractivity contribution in [2.24, 2.45) is 0 Å². The van der Waals surface area contributed by atoms with Crippen LogP contribution in [0.5, 0.6) is 0 Å². The molecule has 7 heteroatoms. The molecule has 1 aromatic carbocycles. The van der Waals surface area contributed by atoms with Crippen LogP contribution in [0.3, 0.4) is 0 Å². The largest absolute Gasteiger partial charge is 0.381 e. The van der Waals surface area contributed by atoms with E-state index in [2.05, 4.69) is 21.2 Å². The molecule has 2 unspecified atom stereocenters. The Bertz CT molecular complexity index is 520. The van der Waals surface area contributed by atoms with Crippen molar-refractivity contribution in [3.8, 4) is 0 Å². The molecule has 108 valence electrons. The van der Waals surface area contributed by atoms with Crippen LogP contribution in [0.2, 0.25) is 0 Å². The van der Waals surface area contributed by atoms with Crippen LogP contribution >= 0.6 is 15.9 Å². The maximum atomic E-state index is 12.6. The fraction of sp³-hybridized carbons (Fsp3) is 0.500. The molecule has 0 aliphatic carbocycles. The minimum Gasteiger partial charge on any atom is -0.381 e. The lowest BCUT2D eigenvalue weighted by molar-refractivity contribution is 0.235. The summed E-state index contributed by atoms with van der Waals surface area (Å²) in [4.78, 5) is -0.118. The van der Waals surface area contributed by atoms with Gasteiger partial charge in [0.25, 0.3) is 0 Å². The number of para-hydroxylation sites is 1. The maximum Gasteiger partial charge on any atom is 0.341 e. The van der Waals surface area contributed by atoms with Crippen LogP contribution in [-0.4, -0.2) is 25.0 Å². The third-order valence-corrected chi connectivity index (χ3v) is 4.32. The fourth-order valence-electron chi connectivity index (χ4n) is 1.74. The lowest BCUT2D eigenvalue weighted by Gasteiger charge is -2.19. The zero-order chi connectivity index (χ0) is 14.6. The summed E-state index contributed by atoms with van der Waals surface area (Å²) in [6.45, 7) is 3.82. The summed E-state index contributed by atoms with van der Waals surface area (Å²) in [6, 6.07) is 5.68. The number of benzene rings is 1. The van der Waals surface area contributed by atoms with Gasteiger partial charge in [0.1, 0.15) is 0 Å². The summed E-state index contributed by atoms with van der Waals surface area (Å²) in [7, 11) is -4.59. The standard InChI is InChI=1S/C12H16BrF2NO2S/c1-8(13)7-9(2)16-10-5-3-4-6-11(10)19(17,18)12(14)15/h3-6,8-9,12,16H,7H2,1-2H3. The van der Waals surface area contributed by atoms with Gasteiger partial charge in [-0.3, -0.25) is 0 Å². The summed E-state index contributed by atoms with van der Waals surface area (Å²) >= 11 is 3.39. The highest BCUT2D eigenvalue weighted by Gasteiger charge is 2.29. The van der Waals surface area contributed by atoms with Gasteiger partial charge >= 0.3 is 5.76 Å². The van der Waals surface area contributed by atoms with Crippen LogP contribution in [0, 0.1) is 0 Å². The van der Waals surface area contributed by atoms with Crippen LogP contribution in [0.4, 0.5) is 14.5 Å². The number of rotatable bonds is 6. The van der Waals surface area contributed by atoms with E-state index in [-0.39, 0.29) is 21.5 Å². The molecule has 0 bridgehead atoms. The Kier molecular flexibility index (Phi) is 5.73. The molecule has 0 saturated carbocycles. The van der Waals surface area contributed by atoms with E-state index in [1.807, 2.05) is 13.8 Å². The SMILES string of the molecule is CC(Br)CC(C)Nc1ccccc1S(=O)(=O)C(F)F. The third-order valence-electron chi connectivity index (χ3n) is 2.51.